The molecule has 0 radical (unpaired) electrons. The van der Waals surface area contributed by atoms with Crippen molar-refractivity contribution in [3.63, 3.8) is 0 Å². The molecule has 31 heavy (non-hydrogen) atoms. The van der Waals surface area contributed by atoms with Crippen molar-refractivity contribution in [2.45, 2.75) is 63.6 Å². The maximum atomic E-state index is 13.0. The van der Waals surface area contributed by atoms with Gasteiger partial charge in [0.25, 0.3) is 0 Å². The van der Waals surface area contributed by atoms with Crippen LogP contribution in [0.25, 0.3) is 11.1 Å². The number of aryl methyl sites for hydroxylation is 1. The van der Waals surface area contributed by atoms with Gasteiger partial charge in [-0.3, -0.25) is 0 Å². The van der Waals surface area contributed by atoms with Gasteiger partial charge in [0.1, 0.15) is 5.75 Å². The lowest BCUT2D eigenvalue weighted by molar-refractivity contribution is -0.155. The number of benzene rings is 2. The van der Waals surface area contributed by atoms with Crippen LogP contribution in [-0.4, -0.2) is 32.8 Å². The quantitative estimate of drug-likeness (QED) is 0.615. The van der Waals surface area contributed by atoms with E-state index in [0.29, 0.717) is 5.92 Å². The number of carbonyl (C=O) groups excluding carboxylic acids is 1. The molecule has 5 rings (SSSR count). The van der Waals surface area contributed by atoms with Crippen molar-refractivity contribution in [2.24, 2.45) is 0 Å². The molecule has 1 unspecified atom stereocenters. The Kier molecular flexibility index (Phi) is 5.39. The van der Waals surface area contributed by atoms with Crippen LogP contribution in [0, 0.1) is 6.92 Å². The molecule has 1 N–H and O–H groups in total. The van der Waals surface area contributed by atoms with Gasteiger partial charge in [0.15, 0.2) is 6.10 Å². The van der Waals surface area contributed by atoms with Crippen LogP contribution in [-0.2, 0) is 20.7 Å². The Morgan fingerprint density at radius 2 is 2.00 bits per heavy atom. The van der Waals surface area contributed by atoms with Crippen LogP contribution in [0.3, 0.4) is 0 Å². The third-order valence-corrected chi connectivity index (χ3v) is 6.68. The Labute approximate surface area is 184 Å². The molecule has 3 aliphatic rings. The Bertz CT molecular complexity index is 1010. The second-order valence-corrected chi connectivity index (χ2v) is 8.96. The molecular formula is C26H31NO4. The Morgan fingerprint density at radius 3 is 2.68 bits per heavy atom. The maximum Gasteiger partial charge on any atom is 0.339 e. The number of methoxy groups -OCH3 is 1. The Morgan fingerprint density at radius 1 is 1.19 bits per heavy atom. The van der Waals surface area contributed by atoms with E-state index in [2.05, 4.69) is 36.5 Å². The zero-order valence-electron chi connectivity index (χ0n) is 18.6. The van der Waals surface area contributed by atoms with Crippen LogP contribution >= 0.6 is 0 Å². The first kappa shape index (κ1) is 20.4. The summed E-state index contributed by atoms with van der Waals surface area (Å²) < 4.78 is 17.4. The summed E-state index contributed by atoms with van der Waals surface area (Å²) in [7, 11) is 3.38. The van der Waals surface area contributed by atoms with Crippen molar-refractivity contribution in [3.05, 3.63) is 46.5 Å². The standard InChI is InChI=1S/C26H31NO4/c1-15-21(27-2)14-20(16-6-7-16)24(18-8-11-22-17(13-18)5-4-12-30-22)23(15)25(26(28)29-3)31-19-9-10-19/h8,11,13-14,16,19,25,27H,4-7,9-10,12H2,1-3H3. The second-order valence-electron chi connectivity index (χ2n) is 8.96. The molecule has 5 heteroatoms. The highest BCUT2D eigenvalue weighted by molar-refractivity contribution is 5.86. The summed E-state index contributed by atoms with van der Waals surface area (Å²) in [6.07, 6.45) is 5.83. The van der Waals surface area contributed by atoms with Gasteiger partial charge in [-0.05, 0) is 97.4 Å². The molecule has 2 aromatic carbocycles. The van der Waals surface area contributed by atoms with Gasteiger partial charge in [0.2, 0.25) is 0 Å². The SMILES string of the molecule is CNc1cc(C2CC2)c(-c2ccc3c(c2)CCCO3)c(C(OC2CC2)C(=O)OC)c1C. The monoisotopic (exact) mass is 421 g/mol. The molecular weight excluding hydrogens is 390 g/mol. The zero-order valence-corrected chi connectivity index (χ0v) is 18.6. The van der Waals surface area contributed by atoms with E-state index in [1.165, 1.54) is 31.1 Å². The minimum atomic E-state index is -0.717. The molecule has 0 saturated heterocycles. The highest BCUT2D eigenvalue weighted by atomic mass is 16.6. The van der Waals surface area contributed by atoms with E-state index in [0.717, 1.165) is 66.0 Å². The Balaban J connectivity index is 1.73. The highest BCUT2D eigenvalue weighted by Gasteiger charge is 2.38. The molecule has 1 atom stereocenters. The van der Waals surface area contributed by atoms with Gasteiger partial charge in [-0.2, -0.15) is 0 Å². The van der Waals surface area contributed by atoms with Crippen LogP contribution in [0.1, 0.15) is 66.4 Å². The fraction of sp³-hybridized carbons (Fsp3) is 0.500. The highest BCUT2D eigenvalue weighted by Crippen LogP contribution is 2.50. The minimum Gasteiger partial charge on any atom is -0.493 e. The molecule has 1 aliphatic heterocycles. The second kappa shape index (κ2) is 8.19. The normalized spacial score (nSPS) is 18.7. The number of hydrogen-bond acceptors (Lipinski definition) is 5. The lowest BCUT2D eigenvalue weighted by Crippen LogP contribution is -2.21. The van der Waals surface area contributed by atoms with Crippen molar-refractivity contribution < 1.29 is 19.0 Å². The van der Waals surface area contributed by atoms with Crippen LogP contribution in [0.2, 0.25) is 0 Å². The van der Waals surface area contributed by atoms with Gasteiger partial charge in [-0.25, -0.2) is 4.79 Å². The van der Waals surface area contributed by atoms with Gasteiger partial charge in [-0.15, -0.1) is 0 Å². The molecule has 164 valence electrons. The maximum absolute atomic E-state index is 13.0. The molecule has 2 aromatic rings. The fourth-order valence-corrected chi connectivity index (χ4v) is 4.71. The fourth-order valence-electron chi connectivity index (χ4n) is 4.71. The number of fused-ring (bicyclic) bond motifs is 1. The summed E-state index contributed by atoms with van der Waals surface area (Å²) in [6, 6.07) is 8.75. The number of hydrogen-bond donors (Lipinski definition) is 1. The summed E-state index contributed by atoms with van der Waals surface area (Å²) in [4.78, 5) is 13.0. The topological polar surface area (TPSA) is 56.8 Å². The van der Waals surface area contributed by atoms with E-state index in [1.54, 1.807) is 0 Å². The molecule has 2 fully saturated rings. The van der Waals surface area contributed by atoms with Crippen molar-refractivity contribution >= 4 is 11.7 Å². The first-order chi connectivity index (χ1) is 15.1. The third kappa shape index (κ3) is 3.91. The molecule has 0 spiro atoms. The average molecular weight is 422 g/mol. The third-order valence-electron chi connectivity index (χ3n) is 6.68. The molecule has 0 amide bonds. The predicted octanol–water partition coefficient (Wildman–Crippen LogP) is 5.30. The van der Waals surface area contributed by atoms with Crippen molar-refractivity contribution in [2.75, 3.05) is 26.1 Å². The van der Waals surface area contributed by atoms with Gasteiger partial charge in [0.05, 0.1) is 19.8 Å². The van der Waals surface area contributed by atoms with Crippen molar-refractivity contribution in [3.8, 4) is 16.9 Å². The van der Waals surface area contributed by atoms with E-state index in [4.69, 9.17) is 14.2 Å². The minimum absolute atomic E-state index is 0.135. The smallest absolute Gasteiger partial charge is 0.339 e. The lowest BCUT2D eigenvalue weighted by atomic mass is 9.84. The summed E-state index contributed by atoms with van der Waals surface area (Å²) >= 11 is 0. The number of anilines is 1. The van der Waals surface area contributed by atoms with Crippen LogP contribution < -0.4 is 10.1 Å². The predicted molar refractivity (Wildman–Crippen MR) is 121 cm³/mol. The molecule has 2 saturated carbocycles. The molecule has 2 aliphatic carbocycles. The molecule has 1 heterocycles. The number of ether oxygens (including phenoxy) is 3. The van der Waals surface area contributed by atoms with E-state index in [-0.39, 0.29) is 12.1 Å². The van der Waals surface area contributed by atoms with Gasteiger partial charge in [0, 0.05) is 18.3 Å². The molecule has 0 aromatic heterocycles. The van der Waals surface area contributed by atoms with Gasteiger partial charge in [-0.1, -0.05) is 6.07 Å². The summed E-state index contributed by atoms with van der Waals surface area (Å²) in [5.74, 6) is 1.17. The van der Waals surface area contributed by atoms with E-state index in [1.807, 2.05) is 7.05 Å². The molecule has 0 bridgehead atoms. The summed E-state index contributed by atoms with van der Waals surface area (Å²) in [6.45, 7) is 2.86. The number of rotatable bonds is 7. The Hall–Kier alpha value is -2.53. The average Bonchev–Trinajstić information content (AvgIpc) is 3.71. The van der Waals surface area contributed by atoms with E-state index >= 15 is 0 Å². The van der Waals surface area contributed by atoms with E-state index in [9.17, 15) is 4.79 Å². The number of nitrogens with one attached hydrogen (secondary N) is 1. The first-order valence-electron chi connectivity index (χ1n) is 11.4. The number of carbonyl (C=O) groups is 1. The van der Waals surface area contributed by atoms with Gasteiger partial charge < -0.3 is 19.5 Å². The van der Waals surface area contributed by atoms with Crippen LogP contribution in [0.4, 0.5) is 5.69 Å². The van der Waals surface area contributed by atoms with Crippen molar-refractivity contribution in [1.29, 1.82) is 0 Å². The number of esters is 1. The van der Waals surface area contributed by atoms with Crippen LogP contribution in [0.15, 0.2) is 24.3 Å². The summed E-state index contributed by atoms with van der Waals surface area (Å²) in [5, 5.41) is 3.34. The largest absolute Gasteiger partial charge is 0.493 e. The first-order valence-corrected chi connectivity index (χ1v) is 11.4. The van der Waals surface area contributed by atoms with Crippen molar-refractivity contribution in [1.82, 2.24) is 0 Å². The van der Waals surface area contributed by atoms with E-state index < -0.39 is 6.10 Å². The van der Waals surface area contributed by atoms with Gasteiger partial charge >= 0.3 is 5.97 Å². The lowest BCUT2D eigenvalue weighted by Gasteiger charge is -2.27. The zero-order chi connectivity index (χ0) is 21.5. The molecule has 5 nitrogen and oxygen atoms in total. The summed E-state index contributed by atoms with van der Waals surface area (Å²) in [5.41, 5.74) is 7.87. The van der Waals surface area contributed by atoms with Crippen LogP contribution in [0.5, 0.6) is 5.75 Å².